The normalized spacial score (nSPS) is 18.0. The predicted molar refractivity (Wildman–Crippen MR) is 128 cm³/mol. The molecule has 0 bridgehead atoms. The average Bonchev–Trinajstić information content (AvgIpc) is 2.85. The fourth-order valence-electron chi connectivity index (χ4n) is 4.64. The van der Waals surface area contributed by atoms with E-state index in [2.05, 4.69) is 4.98 Å². The molecule has 0 aliphatic carbocycles. The SMILES string of the molecule is COc1ccccc1CC(=O)N1CCC[C@@](Cc2ccc(-c3cccnc3)cc2)(C(N)=O)C1. The van der Waals surface area contributed by atoms with Crippen LogP contribution >= 0.6 is 0 Å². The molecule has 1 saturated heterocycles. The van der Waals surface area contributed by atoms with Crippen molar-refractivity contribution in [3.8, 4) is 16.9 Å². The molecule has 1 fully saturated rings. The van der Waals surface area contributed by atoms with Gasteiger partial charge in [0.05, 0.1) is 18.9 Å². The highest BCUT2D eigenvalue weighted by molar-refractivity contribution is 5.84. The quantitative estimate of drug-likeness (QED) is 0.604. The molecule has 1 aliphatic rings. The first kappa shape index (κ1) is 22.5. The van der Waals surface area contributed by atoms with Crippen LogP contribution < -0.4 is 10.5 Å². The van der Waals surface area contributed by atoms with Gasteiger partial charge in [-0.25, -0.2) is 0 Å². The first-order valence-electron chi connectivity index (χ1n) is 11.2. The van der Waals surface area contributed by atoms with Crippen molar-refractivity contribution in [3.63, 3.8) is 0 Å². The van der Waals surface area contributed by atoms with Crippen molar-refractivity contribution in [1.29, 1.82) is 0 Å². The van der Waals surface area contributed by atoms with Crippen LogP contribution in [0, 0.1) is 5.41 Å². The summed E-state index contributed by atoms with van der Waals surface area (Å²) in [4.78, 5) is 31.7. The molecule has 1 aromatic heterocycles. The first-order chi connectivity index (χ1) is 16.0. The molecule has 4 rings (SSSR count). The van der Waals surface area contributed by atoms with Crippen LogP contribution in [0.25, 0.3) is 11.1 Å². The number of hydrogen-bond donors (Lipinski definition) is 1. The fraction of sp³-hybridized carbons (Fsp3) is 0.296. The Morgan fingerprint density at radius 2 is 1.85 bits per heavy atom. The van der Waals surface area contributed by atoms with E-state index >= 15 is 0 Å². The smallest absolute Gasteiger partial charge is 0.227 e. The van der Waals surface area contributed by atoms with Crippen LogP contribution in [0.1, 0.15) is 24.0 Å². The predicted octanol–water partition coefficient (Wildman–Crippen LogP) is 3.64. The third-order valence-corrected chi connectivity index (χ3v) is 6.48. The monoisotopic (exact) mass is 443 g/mol. The van der Waals surface area contributed by atoms with Crippen molar-refractivity contribution < 1.29 is 14.3 Å². The molecule has 1 atom stereocenters. The van der Waals surface area contributed by atoms with Crippen molar-refractivity contribution in [2.45, 2.75) is 25.7 Å². The number of methoxy groups -OCH3 is 1. The highest BCUT2D eigenvalue weighted by Gasteiger charge is 2.42. The number of aromatic nitrogens is 1. The van der Waals surface area contributed by atoms with Gasteiger partial charge in [0, 0.05) is 31.0 Å². The van der Waals surface area contributed by atoms with Gasteiger partial charge in [-0.1, -0.05) is 48.5 Å². The number of piperidine rings is 1. The van der Waals surface area contributed by atoms with Crippen molar-refractivity contribution in [3.05, 3.63) is 84.2 Å². The maximum absolute atomic E-state index is 13.1. The Morgan fingerprint density at radius 1 is 1.06 bits per heavy atom. The highest BCUT2D eigenvalue weighted by Crippen LogP contribution is 2.35. The molecular formula is C27H29N3O3. The zero-order chi connectivity index (χ0) is 23.3. The Kier molecular flexibility index (Phi) is 6.73. The number of rotatable bonds is 7. The molecule has 6 nitrogen and oxygen atoms in total. The third-order valence-electron chi connectivity index (χ3n) is 6.48. The first-order valence-corrected chi connectivity index (χ1v) is 11.2. The number of pyridine rings is 1. The lowest BCUT2D eigenvalue weighted by Crippen LogP contribution is -2.53. The van der Waals surface area contributed by atoms with Crippen LogP contribution in [0.4, 0.5) is 0 Å². The zero-order valence-electron chi connectivity index (χ0n) is 18.9. The van der Waals surface area contributed by atoms with E-state index in [1.54, 1.807) is 18.2 Å². The number of likely N-dealkylation sites (tertiary alicyclic amines) is 1. The van der Waals surface area contributed by atoms with Gasteiger partial charge in [0.15, 0.2) is 0 Å². The molecule has 6 heteroatoms. The summed E-state index contributed by atoms with van der Waals surface area (Å²) in [6.07, 6.45) is 5.73. The molecule has 33 heavy (non-hydrogen) atoms. The number of primary amides is 1. The van der Waals surface area contributed by atoms with Gasteiger partial charge in [0.2, 0.25) is 11.8 Å². The molecule has 2 N–H and O–H groups in total. The van der Waals surface area contributed by atoms with Crippen LogP contribution in [-0.4, -0.2) is 41.9 Å². The van der Waals surface area contributed by atoms with E-state index in [1.165, 1.54) is 0 Å². The van der Waals surface area contributed by atoms with Crippen molar-refractivity contribution in [2.75, 3.05) is 20.2 Å². The van der Waals surface area contributed by atoms with E-state index in [9.17, 15) is 9.59 Å². The summed E-state index contributed by atoms with van der Waals surface area (Å²) in [6.45, 7) is 0.962. The number of benzene rings is 2. The standard InChI is InChI=1S/C27H29N3O3/c1-33-24-8-3-2-6-22(24)16-25(31)30-15-5-13-27(19-30,26(28)32)17-20-9-11-21(12-10-20)23-7-4-14-29-18-23/h2-4,6-12,14,18H,5,13,15-17,19H2,1H3,(H2,28,32)/t27-/m0/s1. The number of nitrogens with zero attached hydrogens (tertiary/aromatic N) is 2. The molecular weight excluding hydrogens is 414 g/mol. The second kappa shape index (κ2) is 9.86. The van der Waals surface area contributed by atoms with Gasteiger partial charge < -0.3 is 15.4 Å². The molecule has 1 aliphatic heterocycles. The lowest BCUT2D eigenvalue weighted by molar-refractivity contribution is -0.139. The van der Waals surface area contributed by atoms with Gasteiger partial charge in [-0.05, 0) is 48.1 Å². The van der Waals surface area contributed by atoms with Gasteiger partial charge >= 0.3 is 0 Å². The lowest BCUT2D eigenvalue weighted by Gasteiger charge is -2.41. The average molecular weight is 444 g/mol. The van der Waals surface area contributed by atoms with E-state index in [4.69, 9.17) is 10.5 Å². The maximum atomic E-state index is 13.1. The number of amides is 2. The van der Waals surface area contributed by atoms with Crippen molar-refractivity contribution in [2.24, 2.45) is 11.1 Å². The van der Waals surface area contributed by atoms with Gasteiger partial charge in [-0.3, -0.25) is 14.6 Å². The summed E-state index contributed by atoms with van der Waals surface area (Å²) in [5, 5.41) is 0. The minimum absolute atomic E-state index is 0.0169. The molecule has 2 amide bonds. The van der Waals surface area contributed by atoms with Crippen LogP contribution in [0.2, 0.25) is 0 Å². The highest BCUT2D eigenvalue weighted by atomic mass is 16.5. The Labute approximate surface area is 194 Å². The summed E-state index contributed by atoms with van der Waals surface area (Å²) >= 11 is 0. The lowest BCUT2D eigenvalue weighted by atomic mass is 9.74. The Bertz CT molecular complexity index is 1110. The largest absolute Gasteiger partial charge is 0.496 e. The summed E-state index contributed by atoms with van der Waals surface area (Å²) in [6, 6.07) is 19.6. The molecule has 3 aromatic rings. The van der Waals surface area contributed by atoms with E-state index in [0.717, 1.165) is 28.7 Å². The fourth-order valence-corrected chi connectivity index (χ4v) is 4.64. The van der Waals surface area contributed by atoms with Gasteiger partial charge in [0.1, 0.15) is 5.75 Å². The molecule has 0 unspecified atom stereocenters. The summed E-state index contributed by atoms with van der Waals surface area (Å²) in [7, 11) is 1.60. The molecule has 2 aromatic carbocycles. The topological polar surface area (TPSA) is 85.5 Å². The molecule has 0 radical (unpaired) electrons. The third kappa shape index (κ3) is 5.06. The molecule has 170 valence electrons. The molecule has 0 saturated carbocycles. The van der Waals surface area contributed by atoms with Crippen LogP contribution in [0.5, 0.6) is 5.75 Å². The number of carbonyl (C=O) groups is 2. The maximum Gasteiger partial charge on any atom is 0.227 e. The van der Waals surface area contributed by atoms with Gasteiger partial charge in [-0.15, -0.1) is 0 Å². The second-order valence-corrected chi connectivity index (χ2v) is 8.67. The van der Waals surface area contributed by atoms with E-state index < -0.39 is 5.41 Å². The Hall–Kier alpha value is -3.67. The van der Waals surface area contributed by atoms with Gasteiger partial charge in [-0.2, -0.15) is 0 Å². The van der Waals surface area contributed by atoms with Gasteiger partial charge in [0.25, 0.3) is 0 Å². The Balaban J connectivity index is 1.50. The Morgan fingerprint density at radius 3 is 2.55 bits per heavy atom. The summed E-state index contributed by atoms with van der Waals surface area (Å²) in [5.74, 6) is 0.322. The minimum atomic E-state index is -0.773. The van der Waals surface area contributed by atoms with Crippen molar-refractivity contribution in [1.82, 2.24) is 9.88 Å². The minimum Gasteiger partial charge on any atom is -0.496 e. The zero-order valence-corrected chi connectivity index (χ0v) is 18.9. The number of hydrogen-bond acceptors (Lipinski definition) is 4. The number of para-hydroxylation sites is 1. The molecule has 2 heterocycles. The van der Waals surface area contributed by atoms with Crippen LogP contribution in [0.15, 0.2) is 73.1 Å². The summed E-state index contributed by atoms with van der Waals surface area (Å²) < 4.78 is 5.38. The second-order valence-electron chi connectivity index (χ2n) is 8.67. The molecule has 0 spiro atoms. The van der Waals surface area contributed by atoms with E-state index in [1.807, 2.05) is 66.9 Å². The van der Waals surface area contributed by atoms with E-state index in [-0.39, 0.29) is 18.2 Å². The van der Waals surface area contributed by atoms with Crippen LogP contribution in [0.3, 0.4) is 0 Å². The number of ether oxygens (including phenoxy) is 1. The van der Waals surface area contributed by atoms with Crippen LogP contribution in [-0.2, 0) is 22.4 Å². The summed E-state index contributed by atoms with van der Waals surface area (Å²) in [5.41, 5.74) is 9.13. The van der Waals surface area contributed by atoms with E-state index in [0.29, 0.717) is 31.7 Å². The van der Waals surface area contributed by atoms with Crippen molar-refractivity contribution >= 4 is 11.8 Å². The number of nitrogens with two attached hydrogens (primary N) is 1. The number of carbonyl (C=O) groups excluding carboxylic acids is 2.